The highest BCUT2D eigenvalue weighted by atomic mass is 19.1. The standard InChI is InChI=1S/C17H22FN3O/c1-3-22-12-14-9-21(8-13-4-6-15(18)7-5-13)11-17-16(14)10-20(2)19-17/h4-7,10,14H,3,8-9,11-12H2,1-2H3/t14-/m0/s1. The molecule has 1 aliphatic heterocycles. The molecule has 1 atom stereocenters. The monoisotopic (exact) mass is 303 g/mol. The fraction of sp³-hybridized carbons (Fsp3) is 0.471. The molecule has 4 nitrogen and oxygen atoms in total. The molecule has 2 aromatic rings. The zero-order valence-electron chi connectivity index (χ0n) is 13.1. The predicted octanol–water partition coefficient (Wildman–Crippen LogP) is 2.70. The summed E-state index contributed by atoms with van der Waals surface area (Å²) in [4.78, 5) is 2.35. The molecule has 1 aromatic carbocycles. The van der Waals surface area contributed by atoms with Crippen LogP contribution in [-0.2, 0) is 24.9 Å². The van der Waals surface area contributed by atoms with Gasteiger partial charge in [0.05, 0.1) is 12.3 Å². The second kappa shape index (κ2) is 6.58. The molecule has 3 rings (SSSR count). The summed E-state index contributed by atoms with van der Waals surface area (Å²) in [6, 6.07) is 6.73. The average Bonchev–Trinajstić information content (AvgIpc) is 2.87. The first-order valence-corrected chi connectivity index (χ1v) is 7.72. The summed E-state index contributed by atoms with van der Waals surface area (Å²) in [5.74, 6) is 0.154. The highest BCUT2D eigenvalue weighted by molar-refractivity contribution is 5.26. The van der Waals surface area contributed by atoms with Crippen LogP contribution in [0.3, 0.4) is 0 Å². The van der Waals surface area contributed by atoms with E-state index < -0.39 is 0 Å². The molecule has 22 heavy (non-hydrogen) atoms. The van der Waals surface area contributed by atoms with Gasteiger partial charge in [-0.25, -0.2) is 4.39 Å². The van der Waals surface area contributed by atoms with E-state index in [2.05, 4.69) is 16.2 Å². The zero-order chi connectivity index (χ0) is 15.5. The number of aromatic nitrogens is 2. The Balaban J connectivity index is 1.75. The number of ether oxygens (including phenoxy) is 1. The van der Waals surface area contributed by atoms with Gasteiger partial charge >= 0.3 is 0 Å². The van der Waals surface area contributed by atoms with E-state index in [4.69, 9.17) is 4.74 Å². The molecule has 0 amide bonds. The second-order valence-electron chi connectivity index (χ2n) is 5.86. The molecule has 0 saturated carbocycles. The summed E-state index contributed by atoms with van der Waals surface area (Å²) in [6.45, 7) is 6.04. The third kappa shape index (κ3) is 3.36. The molecule has 5 heteroatoms. The molecule has 118 valence electrons. The highest BCUT2D eigenvalue weighted by Gasteiger charge is 2.28. The van der Waals surface area contributed by atoms with E-state index in [0.29, 0.717) is 5.92 Å². The third-order valence-corrected chi connectivity index (χ3v) is 4.07. The molecule has 0 aliphatic carbocycles. The van der Waals surface area contributed by atoms with Crippen LogP contribution in [0.4, 0.5) is 4.39 Å². The van der Waals surface area contributed by atoms with E-state index in [1.807, 2.05) is 30.8 Å². The summed E-state index contributed by atoms with van der Waals surface area (Å²) in [5, 5.41) is 4.57. The minimum absolute atomic E-state index is 0.191. The lowest BCUT2D eigenvalue weighted by Gasteiger charge is -2.32. The van der Waals surface area contributed by atoms with Gasteiger partial charge in [0.1, 0.15) is 5.82 Å². The second-order valence-corrected chi connectivity index (χ2v) is 5.86. The molecule has 0 bridgehead atoms. The van der Waals surface area contributed by atoms with Crippen LogP contribution in [0.2, 0.25) is 0 Å². The number of nitrogens with zero attached hydrogens (tertiary/aromatic N) is 3. The van der Waals surface area contributed by atoms with Gasteiger partial charge in [-0.3, -0.25) is 9.58 Å². The van der Waals surface area contributed by atoms with Crippen molar-refractivity contribution < 1.29 is 9.13 Å². The van der Waals surface area contributed by atoms with Gasteiger partial charge in [-0.15, -0.1) is 0 Å². The number of halogens is 1. The lowest BCUT2D eigenvalue weighted by Crippen LogP contribution is -2.34. The SMILES string of the molecule is CCOC[C@@H]1CN(Cc2ccc(F)cc2)Cc2nn(C)cc21. The Kier molecular flexibility index (Phi) is 4.55. The maximum atomic E-state index is 13.0. The van der Waals surface area contributed by atoms with Crippen LogP contribution in [0.5, 0.6) is 0 Å². The Morgan fingerprint density at radius 3 is 2.82 bits per heavy atom. The number of rotatable bonds is 5. The molecule has 1 aliphatic rings. The van der Waals surface area contributed by atoms with Crippen LogP contribution in [-0.4, -0.2) is 34.4 Å². The molecule has 0 spiro atoms. The molecular formula is C17H22FN3O. The van der Waals surface area contributed by atoms with Gasteiger partial charge in [0.2, 0.25) is 0 Å². The van der Waals surface area contributed by atoms with Crippen molar-refractivity contribution in [1.82, 2.24) is 14.7 Å². The quantitative estimate of drug-likeness (QED) is 0.851. The van der Waals surface area contributed by atoms with Gasteiger partial charge in [0, 0.05) is 51.0 Å². The van der Waals surface area contributed by atoms with Crippen molar-refractivity contribution in [2.24, 2.45) is 7.05 Å². The minimum atomic E-state index is -0.191. The number of fused-ring (bicyclic) bond motifs is 1. The normalized spacial score (nSPS) is 18.4. The summed E-state index contributed by atoms with van der Waals surface area (Å²) in [6.07, 6.45) is 2.11. The molecular weight excluding hydrogens is 281 g/mol. The van der Waals surface area contributed by atoms with Gasteiger partial charge in [-0.2, -0.15) is 5.10 Å². The summed E-state index contributed by atoms with van der Waals surface area (Å²) in [7, 11) is 1.96. The first-order chi connectivity index (χ1) is 10.7. The number of hydrogen-bond acceptors (Lipinski definition) is 3. The fourth-order valence-corrected chi connectivity index (χ4v) is 3.07. The number of hydrogen-bond donors (Lipinski definition) is 0. The van der Waals surface area contributed by atoms with Gasteiger partial charge in [0.25, 0.3) is 0 Å². The van der Waals surface area contributed by atoms with Gasteiger partial charge in [0.15, 0.2) is 0 Å². The van der Waals surface area contributed by atoms with E-state index >= 15 is 0 Å². The van der Waals surface area contributed by atoms with E-state index in [1.54, 1.807) is 0 Å². The molecule has 0 N–H and O–H groups in total. The third-order valence-electron chi connectivity index (χ3n) is 4.07. The van der Waals surface area contributed by atoms with Crippen molar-refractivity contribution in [1.29, 1.82) is 0 Å². The Morgan fingerprint density at radius 1 is 1.32 bits per heavy atom. The van der Waals surface area contributed by atoms with Crippen LogP contribution in [0.25, 0.3) is 0 Å². The van der Waals surface area contributed by atoms with E-state index in [0.717, 1.165) is 44.1 Å². The Bertz CT molecular complexity index is 623. The van der Waals surface area contributed by atoms with E-state index in [-0.39, 0.29) is 5.82 Å². The van der Waals surface area contributed by atoms with Crippen molar-refractivity contribution in [2.45, 2.75) is 25.9 Å². The van der Waals surface area contributed by atoms with Gasteiger partial charge < -0.3 is 4.74 Å². The van der Waals surface area contributed by atoms with Crippen LogP contribution >= 0.6 is 0 Å². The predicted molar refractivity (Wildman–Crippen MR) is 83.0 cm³/mol. The summed E-state index contributed by atoms with van der Waals surface area (Å²) < 4.78 is 20.5. The lowest BCUT2D eigenvalue weighted by atomic mass is 9.95. The van der Waals surface area contributed by atoms with Gasteiger partial charge in [-0.1, -0.05) is 12.1 Å². The van der Waals surface area contributed by atoms with Crippen molar-refractivity contribution in [3.05, 3.63) is 53.1 Å². The maximum Gasteiger partial charge on any atom is 0.123 e. The van der Waals surface area contributed by atoms with E-state index in [9.17, 15) is 4.39 Å². The Morgan fingerprint density at radius 2 is 2.09 bits per heavy atom. The molecule has 0 unspecified atom stereocenters. The van der Waals surface area contributed by atoms with Crippen LogP contribution < -0.4 is 0 Å². The number of aryl methyl sites for hydroxylation is 1. The number of benzene rings is 1. The van der Waals surface area contributed by atoms with E-state index in [1.165, 1.54) is 17.7 Å². The fourth-order valence-electron chi connectivity index (χ4n) is 3.07. The van der Waals surface area contributed by atoms with Gasteiger partial charge in [-0.05, 0) is 24.6 Å². The minimum Gasteiger partial charge on any atom is -0.381 e. The molecule has 0 fully saturated rings. The van der Waals surface area contributed by atoms with Crippen LogP contribution in [0.15, 0.2) is 30.5 Å². The van der Waals surface area contributed by atoms with Crippen molar-refractivity contribution >= 4 is 0 Å². The molecule has 0 saturated heterocycles. The highest BCUT2D eigenvalue weighted by Crippen LogP contribution is 2.28. The first kappa shape index (κ1) is 15.2. The first-order valence-electron chi connectivity index (χ1n) is 7.72. The molecule has 0 radical (unpaired) electrons. The van der Waals surface area contributed by atoms with Crippen LogP contribution in [0.1, 0.15) is 29.7 Å². The Hall–Kier alpha value is -1.72. The lowest BCUT2D eigenvalue weighted by molar-refractivity contribution is 0.105. The smallest absolute Gasteiger partial charge is 0.123 e. The summed E-state index contributed by atoms with van der Waals surface area (Å²) >= 11 is 0. The zero-order valence-corrected chi connectivity index (χ0v) is 13.1. The van der Waals surface area contributed by atoms with Crippen molar-refractivity contribution in [3.63, 3.8) is 0 Å². The summed E-state index contributed by atoms with van der Waals surface area (Å²) in [5.41, 5.74) is 3.54. The molecule has 2 heterocycles. The average molecular weight is 303 g/mol. The van der Waals surface area contributed by atoms with Crippen LogP contribution in [0, 0.1) is 5.82 Å². The van der Waals surface area contributed by atoms with Crippen molar-refractivity contribution in [2.75, 3.05) is 19.8 Å². The van der Waals surface area contributed by atoms with Crippen molar-refractivity contribution in [3.8, 4) is 0 Å². The Labute approximate surface area is 130 Å². The topological polar surface area (TPSA) is 30.3 Å². The molecule has 1 aromatic heterocycles. The maximum absolute atomic E-state index is 13.0. The largest absolute Gasteiger partial charge is 0.381 e.